The van der Waals surface area contributed by atoms with E-state index in [-0.39, 0.29) is 5.82 Å². The molecular weight excluding hydrogens is 277 g/mol. The Morgan fingerprint density at radius 3 is 3.09 bits per heavy atom. The number of aromatic nitrogens is 2. The Hall–Kier alpha value is -2.20. The standard InChI is InChI=1S/C18H18FN3/c19-13-4-5-18-16(8-13)17(11-22-18)15-7-12(15)9-20-10-14-3-1-2-6-21-14/h1-6,8,11-12,15,20,22H,7,9-10H2. The van der Waals surface area contributed by atoms with Gasteiger partial charge in [0.15, 0.2) is 0 Å². The van der Waals surface area contributed by atoms with Crippen LogP contribution in [-0.4, -0.2) is 16.5 Å². The summed E-state index contributed by atoms with van der Waals surface area (Å²) < 4.78 is 13.4. The van der Waals surface area contributed by atoms with Crippen molar-refractivity contribution in [3.8, 4) is 0 Å². The fourth-order valence-corrected chi connectivity index (χ4v) is 3.16. The molecular formula is C18H18FN3. The van der Waals surface area contributed by atoms with Crippen molar-refractivity contribution < 1.29 is 4.39 Å². The van der Waals surface area contributed by atoms with Gasteiger partial charge in [-0.05, 0) is 60.7 Å². The molecule has 3 nitrogen and oxygen atoms in total. The zero-order valence-electron chi connectivity index (χ0n) is 12.2. The lowest BCUT2D eigenvalue weighted by molar-refractivity contribution is 0.620. The summed E-state index contributed by atoms with van der Waals surface area (Å²) in [6, 6.07) is 10.9. The van der Waals surface area contributed by atoms with E-state index in [1.165, 1.54) is 18.1 Å². The number of nitrogens with one attached hydrogen (secondary N) is 2. The number of fused-ring (bicyclic) bond motifs is 1. The van der Waals surface area contributed by atoms with Crippen molar-refractivity contribution in [2.45, 2.75) is 18.9 Å². The third-order valence-electron chi connectivity index (χ3n) is 4.44. The van der Waals surface area contributed by atoms with Crippen molar-refractivity contribution in [3.63, 3.8) is 0 Å². The molecule has 0 saturated heterocycles. The zero-order valence-corrected chi connectivity index (χ0v) is 12.2. The smallest absolute Gasteiger partial charge is 0.123 e. The maximum atomic E-state index is 13.4. The van der Waals surface area contributed by atoms with Gasteiger partial charge in [-0.15, -0.1) is 0 Å². The average molecular weight is 295 g/mol. The third kappa shape index (κ3) is 2.62. The molecule has 0 spiro atoms. The molecule has 22 heavy (non-hydrogen) atoms. The number of halogens is 1. The van der Waals surface area contributed by atoms with E-state index in [9.17, 15) is 4.39 Å². The predicted octanol–water partition coefficient (Wildman–Crippen LogP) is 3.60. The lowest BCUT2D eigenvalue weighted by atomic mass is 10.1. The molecule has 2 N–H and O–H groups in total. The third-order valence-corrected chi connectivity index (χ3v) is 4.44. The van der Waals surface area contributed by atoms with Crippen LogP contribution in [0, 0.1) is 11.7 Å². The number of rotatable bonds is 5. The molecule has 2 aromatic heterocycles. The van der Waals surface area contributed by atoms with E-state index < -0.39 is 0 Å². The summed E-state index contributed by atoms with van der Waals surface area (Å²) in [6.07, 6.45) is 5.02. The summed E-state index contributed by atoms with van der Waals surface area (Å²) >= 11 is 0. The number of H-pyrrole nitrogens is 1. The highest BCUT2D eigenvalue weighted by Gasteiger charge is 2.39. The van der Waals surface area contributed by atoms with Crippen molar-refractivity contribution in [1.29, 1.82) is 0 Å². The van der Waals surface area contributed by atoms with Crippen LogP contribution in [0.5, 0.6) is 0 Å². The first-order valence-electron chi connectivity index (χ1n) is 7.68. The van der Waals surface area contributed by atoms with Gasteiger partial charge < -0.3 is 10.3 Å². The van der Waals surface area contributed by atoms with Gasteiger partial charge in [-0.25, -0.2) is 4.39 Å². The van der Waals surface area contributed by atoms with E-state index in [0.29, 0.717) is 11.8 Å². The first-order chi connectivity index (χ1) is 10.8. The van der Waals surface area contributed by atoms with Crippen molar-refractivity contribution in [2.24, 2.45) is 5.92 Å². The molecule has 4 rings (SSSR count). The van der Waals surface area contributed by atoms with Crippen molar-refractivity contribution in [1.82, 2.24) is 15.3 Å². The quantitative estimate of drug-likeness (QED) is 0.755. The molecule has 1 aliphatic rings. The van der Waals surface area contributed by atoms with Gasteiger partial charge in [-0.2, -0.15) is 0 Å². The van der Waals surface area contributed by atoms with Crippen LogP contribution >= 0.6 is 0 Å². The summed E-state index contributed by atoms with van der Waals surface area (Å²) in [6.45, 7) is 1.77. The van der Waals surface area contributed by atoms with Gasteiger partial charge >= 0.3 is 0 Å². The Morgan fingerprint density at radius 1 is 1.27 bits per heavy atom. The fourth-order valence-electron chi connectivity index (χ4n) is 3.16. The maximum absolute atomic E-state index is 13.4. The number of aromatic amines is 1. The van der Waals surface area contributed by atoms with E-state index in [2.05, 4.69) is 15.3 Å². The van der Waals surface area contributed by atoms with Crippen molar-refractivity contribution >= 4 is 10.9 Å². The highest BCUT2D eigenvalue weighted by molar-refractivity contribution is 5.84. The highest BCUT2D eigenvalue weighted by atomic mass is 19.1. The first-order valence-corrected chi connectivity index (χ1v) is 7.68. The second-order valence-electron chi connectivity index (χ2n) is 5.99. The Balaban J connectivity index is 1.38. The normalized spacial score (nSPS) is 20.4. The molecule has 1 aliphatic carbocycles. The van der Waals surface area contributed by atoms with E-state index >= 15 is 0 Å². The van der Waals surface area contributed by atoms with E-state index in [1.807, 2.05) is 36.7 Å². The van der Waals surface area contributed by atoms with Gasteiger partial charge in [0.1, 0.15) is 5.82 Å². The lowest BCUT2D eigenvalue weighted by Gasteiger charge is -2.03. The Morgan fingerprint density at radius 2 is 2.23 bits per heavy atom. The molecule has 3 aromatic rings. The van der Waals surface area contributed by atoms with E-state index in [4.69, 9.17) is 0 Å². The summed E-state index contributed by atoms with van der Waals surface area (Å²) in [5, 5.41) is 4.49. The van der Waals surface area contributed by atoms with Gasteiger partial charge in [0, 0.05) is 29.8 Å². The average Bonchev–Trinajstić information content (AvgIpc) is 3.18. The van der Waals surface area contributed by atoms with Crippen LogP contribution in [0.15, 0.2) is 48.8 Å². The second-order valence-corrected chi connectivity index (χ2v) is 5.99. The SMILES string of the molecule is Fc1ccc2[nH]cc(C3CC3CNCc3ccccn3)c2c1. The molecule has 4 heteroatoms. The molecule has 0 amide bonds. The Kier molecular flexibility index (Phi) is 3.39. The number of benzene rings is 1. The highest BCUT2D eigenvalue weighted by Crippen LogP contribution is 2.49. The summed E-state index contributed by atoms with van der Waals surface area (Å²) in [5.74, 6) is 0.997. The number of nitrogens with zero attached hydrogens (tertiary/aromatic N) is 1. The topological polar surface area (TPSA) is 40.7 Å². The number of hydrogen-bond donors (Lipinski definition) is 2. The monoisotopic (exact) mass is 295 g/mol. The Bertz CT molecular complexity index is 781. The minimum Gasteiger partial charge on any atom is -0.361 e. The lowest BCUT2D eigenvalue weighted by Crippen LogP contribution is -2.17. The molecule has 2 unspecified atom stereocenters. The van der Waals surface area contributed by atoms with Crippen LogP contribution < -0.4 is 5.32 Å². The largest absolute Gasteiger partial charge is 0.361 e. The van der Waals surface area contributed by atoms with Gasteiger partial charge in [0.2, 0.25) is 0 Å². The molecule has 1 aromatic carbocycles. The molecule has 0 aliphatic heterocycles. The molecule has 2 atom stereocenters. The zero-order chi connectivity index (χ0) is 14.9. The minimum atomic E-state index is -0.168. The van der Waals surface area contributed by atoms with Gasteiger partial charge in [0.25, 0.3) is 0 Å². The molecule has 0 bridgehead atoms. The van der Waals surface area contributed by atoms with Crippen molar-refractivity contribution in [3.05, 3.63) is 65.9 Å². The second kappa shape index (κ2) is 5.54. The Labute approximate surface area is 128 Å². The van der Waals surface area contributed by atoms with Gasteiger partial charge in [0.05, 0.1) is 5.69 Å². The molecule has 112 valence electrons. The van der Waals surface area contributed by atoms with Gasteiger partial charge in [-0.1, -0.05) is 6.07 Å². The summed E-state index contributed by atoms with van der Waals surface area (Å²) in [7, 11) is 0. The van der Waals surface area contributed by atoms with Gasteiger partial charge in [-0.3, -0.25) is 4.98 Å². The number of pyridine rings is 1. The first kappa shape index (κ1) is 13.5. The molecule has 1 fully saturated rings. The van der Waals surface area contributed by atoms with Crippen molar-refractivity contribution in [2.75, 3.05) is 6.54 Å². The van der Waals surface area contributed by atoms with E-state index in [1.54, 1.807) is 6.07 Å². The van der Waals surface area contributed by atoms with Crippen LogP contribution in [-0.2, 0) is 6.54 Å². The van der Waals surface area contributed by atoms with Crippen LogP contribution in [0.3, 0.4) is 0 Å². The van der Waals surface area contributed by atoms with Crippen LogP contribution in [0.1, 0.15) is 23.6 Å². The number of hydrogen-bond acceptors (Lipinski definition) is 2. The predicted molar refractivity (Wildman–Crippen MR) is 85.0 cm³/mol. The molecule has 0 radical (unpaired) electrons. The van der Waals surface area contributed by atoms with Crippen LogP contribution in [0.4, 0.5) is 4.39 Å². The van der Waals surface area contributed by atoms with E-state index in [0.717, 1.165) is 29.7 Å². The fraction of sp³-hybridized carbons (Fsp3) is 0.278. The molecule has 2 heterocycles. The van der Waals surface area contributed by atoms with Crippen LogP contribution in [0.2, 0.25) is 0 Å². The summed E-state index contributed by atoms with van der Waals surface area (Å²) in [5.41, 5.74) is 3.33. The van der Waals surface area contributed by atoms with Crippen LogP contribution in [0.25, 0.3) is 10.9 Å². The molecule has 1 saturated carbocycles. The summed E-state index contributed by atoms with van der Waals surface area (Å²) in [4.78, 5) is 7.55. The maximum Gasteiger partial charge on any atom is 0.123 e. The minimum absolute atomic E-state index is 0.168.